The molecule has 2 N–H and O–H groups in total. The standard InChI is InChI=1S/C24H32N2O2.Cu/c1-23(2,3)21(25-15-17-11-7-9-13-19(17)27)22(24(4,5)6)26-16-18-12-8-10-14-20(18)28;/h7-16,21-22,27-28H,1-6H3;. The first-order valence-corrected chi connectivity index (χ1v) is 9.62. The van der Waals surface area contributed by atoms with Crippen molar-refractivity contribution in [1.82, 2.24) is 0 Å². The van der Waals surface area contributed by atoms with Gasteiger partial charge < -0.3 is 10.2 Å². The molecule has 2 aromatic carbocycles. The van der Waals surface area contributed by atoms with E-state index in [0.717, 1.165) is 0 Å². The van der Waals surface area contributed by atoms with E-state index in [0.29, 0.717) is 11.1 Å². The fraction of sp³-hybridized carbons (Fsp3) is 0.417. The Morgan fingerprint density at radius 2 is 0.966 bits per heavy atom. The number of rotatable bonds is 5. The molecule has 0 spiro atoms. The first-order valence-electron chi connectivity index (χ1n) is 9.62. The van der Waals surface area contributed by atoms with Crippen molar-refractivity contribution >= 4 is 12.4 Å². The predicted molar refractivity (Wildman–Crippen MR) is 118 cm³/mol. The van der Waals surface area contributed by atoms with Gasteiger partial charge in [-0.3, -0.25) is 9.98 Å². The summed E-state index contributed by atoms with van der Waals surface area (Å²) in [5, 5.41) is 20.1. The van der Waals surface area contributed by atoms with Crippen molar-refractivity contribution in [2.75, 3.05) is 0 Å². The number of aliphatic imine (C=N–C) groups is 2. The number of para-hydroxylation sites is 2. The van der Waals surface area contributed by atoms with Crippen LogP contribution in [0.5, 0.6) is 11.5 Å². The Labute approximate surface area is 185 Å². The second-order valence-corrected chi connectivity index (χ2v) is 9.30. The van der Waals surface area contributed by atoms with Gasteiger partial charge in [0.1, 0.15) is 11.5 Å². The molecule has 161 valence electrons. The molecule has 1 radical (unpaired) electrons. The van der Waals surface area contributed by atoms with Crippen LogP contribution >= 0.6 is 0 Å². The van der Waals surface area contributed by atoms with Crippen molar-refractivity contribution in [2.24, 2.45) is 20.8 Å². The first-order chi connectivity index (χ1) is 13.0. The minimum absolute atomic E-state index is 0. The zero-order chi connectivity index (χ0) is 20.9. The maximum atomic E-state index is 10.1. The van der Waals surface area contributed by atoms with Crippen LogP contribution in [-0.2, 0) is 17.1 Å². The minimum atomic E-state index is -0.144. The molecule has 0 aliphatic rings. The third kappa shape index (κ3) is 7.02. The third-order valence-corrected chi connectivity index (χ3v) is 4.70. The van der Waals surface area contributed by atoms with E-state index in [4.69, 9.17) is 9.98 Å². The maximum Gasteiger partial charge on any atom is 0.124 e. The van der Waals surface area contributed by atoms with Crippen molar-refractivity contribution < 1.29 is 27.3 Å². The first kappa shape index (κ1) is 24.9. The largest absolute Gasteiger partial charge is 0.507 e. The molecule has 0 aliphatic carbocycles. The van der Waals surface area contributed by atoms with Crippen LogP contribution in [-0.4, -0.2) is 34.7 Å². The van der Waals surface area contributed by atoms with E-state index in [1.807, 2.05) is 24.3 Å². The van der Waals surface area contributed by atoms with Crippen LogP contribution in [0.3, 0.4) is 0 Å². The van der Waals surface area contributed by atoms with Gasteiger partial charge in [-0.1, -0.05) is 65.8 Å². The Morgan fingerprint density at radius 1 is 0.655 bits per heavy atom. The van der Waals surface area contributed by atoms with Crippen LogP contribution in [0.15, 0.2) is 58.5 Å². The topological polar surface area (TPSA) is 65.2 Å². The average molecular weight is 444 g/mol. The van der Waals surface area contributed by atoms with Crippen LogP contribution in [0.2, 0.25) is 0 Å². The zero-order valence-corrected chi connectivity index (χ0v) is 19.0. The van der Waals surface area contributed by atoms with Crippen LogP contribution in [0.25, 0.3) is 0 Å². The van der Waals surface area contributed by atoms with Crippen molar-refractivity contribution in [3.63, 3.8) is 0 Å². The molecular weight excluding hydrogens is 412 g/mol. The van der Waals surface area contributed by atoms with E-state index in [9.17, 15) is 10.2 Å². The Kier molecular flexibility index (Phi) is 8.67. The Balaban J connectivity index is 0.00000420. The SMILES string of the molecule is CC(C)(C)C(N=Cc1ccccc1O)C(N=Cc1ccccc1O)C(C)(C)C.[Cu]. The molecule has 0 saturated heterocycles. The van der Waals surface area contributed by atoms with Gasteiger partial charge in [0.25, 0.3) is 0 Å². The van der Waals surface area contributed by atoms with Gasteiger partial charge in [0.15, 0.2) is 0 Å². The zero-order valence-electron chi connectivity index (χ0n) is 18.0. The van der Waals surface area contributed by atoms with E-state index in [1.54, 1.807) is 36.7 Å². The van der Waals surface area contributed by atoms with Gasteiger partial charge in [-0.25, -0.2) is 0 Å². The molecule has 2 unspecified atom stereocenters. The van der Waals surface area contributed by atoms with E-state index < -0.39 is 0 Å². The van der Waals surface area contributed by atoms with Crippen molar-refractivity contribution in [1.29, 1.82) is 0 Å². The number of benzene rings is 2. The molecule has 5 heteroatoms. The fourth-order valence-electron chi connectivity index (χ4n) is 3.07. The number of aromatic hydroxyl groups is 2. The Morgan fingerprint density at radius 3 is 1.24 bits per heavy atom. The number of hydrogen-bond acceptors (Lipinski definition) is 4. The van der Waals surface area contributed by atoms with Crippen LogP contribution < -0.4 is 0 Å². The van der Waals surface area contributed by atoms with Gasteiger partial charge in [-0.05, 0) is 35.1 Å². The summed E-state index contributed by atoms with van der Waals surface area (Å²) in [4.78, 5) is 9.73. The van der Waals surface area contributed by atoms with Gasteiger partial charge in [0.2, 0.25) is 0 Å². The smallest absolute Gasteiger partial charge is 0.124 e. The Bertz CT molecular complexity index is 777. The molecule has 0 aromatic heterocycles. The molecule has 2 atom stereocenters. The molecule has 4 nitrogen and oxygen atoms in total. The average Bonchev–Trinajstić information content (AvgIpc) is 2.58. The van der Waals surface area contributed by atoms with Gasteiger partial charge in [-0.2, -0.15) is 0 Å². The van der Waals surface area contributed by atoms with Gasteiger partial charge in [-0.15, -0.1) is 0 Å². The normalized spacial score (nSPS) is 14.7. The molecule has 0 fully saturated rings. The summed E-state index contributed by atoms with van der Waals surface area (Å²) in [6.07, 6.45) is 3.47. The molecule has 2 aromatic rings. The second kappa shape index (κ2) is 10.1. The molecule has 0 aliphatic heterocycles. The number of phenolic OH excluding ortho intramolecular Hbond substituents is 2. The second-order valence-electron chi connectivity index (χ2n) is 9.30. The van der Waals surface area contributed by atoms with Gasteiger partial charge in [0, 0.05) is 40.6 Å². The summed E-state index contributed by atoms with van der Waals surface area (Å²) < 4.78 is 0. The quantitative estimate of drug-likeness (QED) is 0.475. The maximum absolute atomic E-state index is 10.1. The van der Waals surface area contributed by atoms with E-state index >= 15 is 0 Å². The molecule has 0 amide bonds. The molecule has 0 saturated carbocycles. The van der Waals surface area contributed by atoms with Crippen LogP contribution in [0, 0.1) is 10.8 Å². The summed E-state index contributed by atoms with van der Waals surface area (Å²) in [5.74, 6) is 0.424. The van der Waals surface area contributed by atoms with Gasteiger partial charge in [0.05, 0.1) is 12.1 Å². The van der Waals surface area contributed by atoms with Crippen molar-refractivity contribution in [3.8, 4) is 11.5 Å². The summed E-state index contributed by atoms with van der Waals surface area (Å²) >= 11 is 0. The molecule has 2 rings (SSSR count). The Hall–Kier alpha value is -2.10. The summed E-state index contributed by atoms with van der Waals surface area (Å²) in [6, 6.07) is 14.1. The molecular formula is C24H32CuN2O2. The summed E-state index contributed by atoms with van der Waals surface area (Å²) in [5.41, 5.74) is 1.09. The summed E-state index contributed by atoms with van der Waals surface area (Å²) in [7, 11) is 0. The van der Waals surface area contributed by atoms with Crippen LogP contribution in [0.1, 0.15) is 52.7 Å². The number of nitrogens with zero attached hydrogens (tertiary/aromatic N) is 2. The van der Waals surface area contributed by atoms with E-state index in [1.165, 1.54) is 0 Å². The fourth-order valence-corrected chi connectivity index (χ4v) is 3.07. The van der Waals surface area contributed by atoms with Crippen LogP contribution in [0.4, 0.5) is 0 Å². The molecule has 0 bridgehead atoms. The summed E-state index contributed by atoms with van der Waals surface area (Å²) in [6.45, 7) is 12.9. The molecule has 0 heterocycles. The third-order valence-electron chi connectivity index (χ3n) is 4.70. The monoisotopic (exact) mass is 443 g/mol. The number of hydrogen-bond donors (Lipinski definition) is 2. The van der Waals surface area contributed by atoms with Gasteiger partial charge >= 0.3 is 0 Å². The predicted octanol–water partition coefficient (Wildman–Crippen LogP) is 5.46. The molecule has 29 heavy (non-hydrogen) atoms. The van der Waals surface area contributed by atoms with Crippen molar-refractivity contribution in [3.05, 3.63) is 59.7 Å². The van der Waals surface area contributed by atoms with Crippen molar-refractivity contribution in [2.45, 2.75) is 53.6 Å². The van der Waals surface area contributed by atoms with E-state index in [-0.39, 0.29) is 51.5 Å². The number of phenols is 2. The minimum Gasteiger partial charge on any atom is -0.507 e. The van der Waals surface area contributed by atoms with E-state index in [2.05, 4.69) is 41.5 Å².